The van der Waals surface area contributed by atoms with Crippen molar-refractivity contribution >= 4 is 23.3 Å². The zero-order valence-corrected chi connectivity index (χ0v) is 21.3. The number of carbonyl (C=O) groups excluding carboxylic acids is 1. The molecule has 188 valence electrons. The number of amides is 1. The van der Waals surface area contributed by atoms with Gasteiger partial charge in [-0.05, 0) is 48.7 Å². The Bertz CT molecular complexity index is 1150. The fourth-order valence-electron chi connectivity index (χ4n) is 3.40. The first kappa shape index (κ1) is 26.7. The van der Waals surface area contributed by atoms with E-state index in [1.54, 1.807) is 30.0 Å². The van der Waals surface area contributed by atoms with Crippen molar-refractivity contribution in [2.24, 2.45) is 5.92 Å². The van der Waals surface area contributed by atoms with Crippen LogP contribution >= 0.6 is 11.6 Å². The van der Waals surface area contributed by atoms with E-state index in [1.807, 2.05) is 19.1 Å². The molecule has 9 heteroatoms. The Morgan fingerprint density at radius 3 is 2.71 bits per heavy atom. The average Bonchev–Trinajstić information content (AvgIpc) is 3.14. The van der Waals surface area contributed by atoms with E-state index in [0.29, 0.717) is 49.6 Å². The SMILES string of the molecule is COCCNCc1ccc(C(=O)Nc2cc(C)n(Cc3cc(Cl)ccc3OCC(C)C)n2)c(F)c1. The molecule has 0 saturated carbocycles. The molecule has 0 atom stereocenters. The molecule has 0 aliphatic rings. The van der Waals surface area contributed by atoms with Crippen molar-refractivity contribution in [2.45, 2.75) is 33.9 Å². The van der Waals surface area contributed by atoms with Crippen LogP contribution in [0.2, 0.25) is 5.02 Å². The predicted molar refractivity (Wildman–Crippen MR) is 136 cm³/mol. The summed E-state index contributed by atoms with van der Waals surface area (Å²) in [6, 6.07) is 11.8. The van der Waals surface area contributed by atoms with Crippen LogP contribution in [0, 0.1) is 18.7 Å². The van der Waals surface area contributed by atoms with E-state index in [0.717, 1.165) is 22.6 Å². The smallest absolute Gasteiger partial charge is 0.259 e. The summed E-state index contributed by atoms with van der Waals surface area (Å²) in [6.07, 6.45) is 0. The summed E-state index contributed by atoms with van der Waals surface area (Å²) in [4.78, 5) is 12.7. The van der Waals surface area contributed by atoms with Gasteiger partial charge in [0.05, 0.1) is 25.3 Å². The average molecular weight is 503 g/mol. The Morgan fingerprint density at radius 2 is 2.00 bits per heavy atom. The molecule has 3 aromatic rings. The summed E-state index contributed by atoms with van der Waals surface area (Å²) in [5.74, 6) is 0.310. The zero-order valence-electron chi connectivity index (χ0n) is 20.5. The van der Waals surface area contributed by atoms with E-state index in [9.17, 15) is 9.18 Å². The van der Waals surface area contributed by atoms with Gasteiger partial charge in [0.2, 0.25) is 0 Å². The first-order valence-corrected chi connectivity index (χ1v) is 11.9. The van der Waals surface area contributed by atoms with Crippen molar-refractivity contribution in [1.29, 1.82) is 0 Å². The molecule has 1 heterocycles. The molecule has 0 spiro atoms. The van der Waals surface area contributed by atoms with Gasteiger partial charge in [-0.2, -0.15) is 5.10 Å². The van der Waals surface area contributed by atoms with E-state index in [1.165, 1.54) is 12.1 Å². The number of aryl methyl sites for hydroxylation is 1. The number of nitrogens with one attached hydrogen (secondary N) is 2. The molecular formula is C26H32ClFN4O3. The van der Waals surface area contributed by atoms with Gasteiger partial charge < -0.3 is 20.1 Å². The van der Waals surface area contributed by atoms with Gasteiger partial charge in [-0.1, -0.05) is 31.5 Å². The highest BCUT2D eigenvalue weighted by Crippen LogP contribution is 2.25. The van der Waals surface area contributed by atoms with Gasteiger partial charge in [-0.15, -0.1) is 0 Å². The summed E-state index contributed by atoms with van der Waals surface area (Å²) in [6.45, 7) is 8.75. The number of hydrogen-bond donors (Lipinski definition) is 2. The number of methoxy groups -OCH3 is 1. The second-order valence-corrected chi connectivity index (χ2v) is 9.16. The van der Waals surface area contributed by atoms with Crippen LogP contribution in [0.3, 0.4) is 0 Å². The fourth-order valence-corrected chi connectivity index (χ4v) is 3.60. The molecule has 2 aromatic carbocycles. The minimum absolute atomic E-state index is 0.0444. The molecule has 1 aromatic heterocycles. The van der Waals surface area contributed by atoms with Crippen molar-refractivity contribution in [1.82, 2.24) is 15.1 Å². The Balaban J connectivity index is 1.68. The number of halogens is 2. The van der Waals surface area contributed by atoms with Crippen LogP contribution in [0.25, 0.3) is 0 Å². The molecule has 0 aliphatic heterocycles. The summed E-state index contributed by atoms with van der Waals surface area (Å²) in [5, 5.41) is 10.9. The maximum Gasteiger partial charge on any atom is 0.259 e. The summed E-state index contributed by atoms with van der Waals surface area (Å²) >= 11 is 6.21. The molecule has 0 fully saturated rings. The van der Waals surface area contributed by atoms with Gasteiger partial charge in [-0.3, -0.25) is 9.48 Å². The summed E-state index contributed by atoms with van der Waals surface area (Å²) in [5.41, 5.74) is 2.40. The zero-order chi connectivity index (χ0) is 25.4. The number of ether oxygens (including phenoxy) is 2. The molecule has 0 aliphatic carbocycles. The molecule has 7 nitrogen and oxygen atoms in total. The lowest BCUT2D eigenvalue weighted by Crippen LogP contribution is -2.19. The van der Waals surface area contributed by atoms with Gasteiger partial charge in [-0.25, -0.2) is 4.39 Å². The van der Waals surface area contributed by atoms with E-state index < -0.39 is 11.7 Å². The molecule has 0 saturated heterocycles. The van der Waals surface area contributed by atoms with Crippen LogP contribution < -0.4 is 15.4 Å². The quantitative estimate of drug-likeness (QED) is 0.339. The monoisotopic (exact) mass is 502 g/mol. The van der Waals surface area contributed by atoms with Crippen molar-refractivity contribution in [3.8, 4) is 5.75 Å². The lowest BCUT2D eigenvalue weighted by Gasteiger charge is -2.14. The maximum absolute atomic E-state index is 14.6. The van der Waals surface area contributed by atoms with Gasteiger partial charge in [0, 0.05) is 42.5 Å². The van der Waals surface area contributed by atoms with Crippen LogP contribution in [-0.2, 0) is 17.8 Å². The second kappa shape index (κ2) is 12.7. The molecule has 0 bridgehead atoms. The van der Waals surface area contributed by atoms with Crippen LogP contribution in [-0.4, -0.2) is 42.6 Å². The highest BCUT2D eigenvalue weighted by molar-refractivity contribution is 6.30. The van der Waals surface area contributed by atoms with Crippen molar-refractivity contribution in [3.05, 3.63) is 75.7 Å². The van der Waals surface area contributed by atoms with Crippen LogP contribution in [0.15, 0.2) is 42.5 Å². The number of anilines is 1. The summed E-state index contributed by atoms with van der Waals surface area (Å²) in [7, 11) is 1.62. The van der Waals surface area contributed by atoms with Crippen LogP contribution in [0.5, 0.6) is 5.75 Å². The van der Waals surface area contributed by atoms with Crippen molar-refractivity contribution in [2.75, 3.05) is 32.2 Å². The van der Waals surface area contributed by atoms with Crippen LogP contribution in [0.4, 0.5) is 10.2 Å². The topological polar surface area (TPSA) is 77.4 Å². The number of carbonyl (C=O) groups is 1. The number of rotatable bonds is 12. The lowest BCUT2D eigenvalue weighted by molar-refractivity contribution is 0.102. The van der Waals surface area contributed by atoms with Gasteiger partial charge in [0.25, 0.3) is 5.91 Å². The maximum atomic E-state index is 14.6. The molecule has 35 heavy (non-hydrogen) atoms. The third-order valence-corrected chi connectivity index (χ3v) is 5.46. The first-order valence-electron chi connectivity index (χ1n) is 11.5. The lowest BCUT2D eigenvalue weighted by atomic mass is 10.1. The van der Waals surface area contributed by atoms with E-state index in [4.69, 9.17) is 21.1 Å². The molecule has 3 rings (SSSR count). The van der Waals surface area contributed by atoms with Gasteiger partial charge >= 0.3 is 0 Å². The highest BCUT2D eigenvalue weighted by Gasteiger charge is 2.16. The van der Waals surface area contributed by atoms with Gasteiger partial charge in [0.1, 0.15) is 11.6 Å². The normalized spacial score (nSPS) is 11.2. The second-order valence-electron chi connectivity index (χ2n) is 8.72. The van der Waals surface area contributed by atoms with Crippen molar-refractivity contribution in [3.63, 3.8) is 0 Å². The predicted octanol–water partition coefficient (Wildman–Crippen LogP) is 5.06. The van der Waals surface area contributed by atoms with Gasteiger partial charge in [0.15, 0.2) is 5.82 Å². The minimum atomic E-state index is -0.587. The Kier molecular flexibility index (Phi) is 9.65. The standard InChI is InChI=1S/C26H32ClFN4O3/c1-17(2)16-35-24-8-6-21(27)13-20(24)15-32-18(3)11-25(31-32)30-26(33)22-7-5-19(12-23(22)28)14-29-9-10-34-4/h5-8,11-13,17,29H,9-10,14-16H2,1-4H3,(H,30,31,33). The number of nitrogens with zero attached hydrogens (tertiary/aromatic N) is 2. The van der Waals surface area contributed by atoms with Crippen molar-refractivity contribution < 1.29 is 18.7 Å². The van der Waals surface area contributed by atoms with E-state index in [2.05, 4.69) is 29.6 Å². The largest absolute Gasteiger partial charge is 0.493 e. The molecule has 2 N–H and O–H groups in total. The third kappa shape index (κ3) is 7.78. The molecule has 0 radical (unpaired) electrons. The number of benzene rings is 2. The highest BCUT2D eigenvalue weighted by atomic mass is 35.5. The Morgan fingerprint density at radius 1 is 1.20 bits per heavy atom. The number of hydrogen-bond acceptors (Lipinski definition) is 5. The van der Waals surface area contributed by atoms with E-state index in [-0.39, 0.29) is 5.56 Å². The minimum Gasteiger partial charge on any atom is -0.493 e. The molecular weight excluding hydrogens is 471 g/mol. The van der Waals surface area contributed by atoms with E-state index >= 15 is 0 Å². The molecule has 1 amide bonds. The Hall–Kier alpha value is -2.94. The molecule has 0 unspecified atom stereocenters. The number of aromatic nitrogens is 2. The first-order chi connectivity index (χ1) is 16.8. The van der Waals surface area contributed by atoms with Crippen LogP contribution in [0.1, 0.15) is 41.0 Å². The summed E-state index contributed by atoms with van der Waals surface area (Å²) < 4.78 is 27.2. The fraction of sp³-hybridized carbons (Fsp3) is 0.385. The third-order valence-electron chi connectivity index (χ3n) is 5.23. The Labute approximate surface area is 210 Å².